The van der Waals surface area contributed by atoms with Gasteiger partial charge in [0.05, 0.1) is 34.5 Å². The van der Waals surface area contributed by atoms with Gasteiger partial charge in [-0.3, -0.25) is 4.79 Å². The van der Waals surface area contributed by atoms with Crippen LogP contribution in [0.15, 0.2) is 41.3 Å². The number of ether oxygens (including phenoxy) is 2. The van der Waals surface area contributed by atoms with Gasteiger partial charge in [-0.25, -0.2) is 22.4 Å². The fourth-order valence-corrected chi connectivity index (χ4v) is 7.19. The van der Waals surface area contributed by atoms with Crippen molar-refractivity contribution in [2.45, 2.75) is 89.1 Å². The molecule has 0 radical (unpaired) electrons. The first kappa shape index (κ1) is 36.0. The van der Waals surface area contributed by atoms with Crippen LogP contribution in [-0.4, -0.2) is 87.7 Å². The number of tetrazole rings is 1. The summed E-state index contributed by atoms with van der Waals surface area (Å²) in [6.07, 6.45) is -0.408. The zero-order valence-electron chi connectivity index (χ0n) is 28.1. The number of sulfone groups is 1. The molecule has 0 bridgehead atoms. The Morgan fingerprint density at radius 1 is 1.02 bits per heavy atom. The molecule has 49 heavy (non-hydrogen) atoms. The third kappa shape index (κ3) is 8.65. The number of amides is 3. The van der Waals surface area contributed by atoms with E-state index in [1.807, 2.05) is 0 Å². The van der Waals surface area contributed by atoms with Crippen LogP contribution in [0.2, 0.25) is 5.02 Å². The number of anilines is 1. The average molecular weight is 720 g/mol. The molecule has 1 saturated heterocycles. The van der Waals surface area contributed by atoms with Crippen molar-refractivity contribution in [2.24, 2.45) is 0 Å². The third-order valence-corrected chi connectivity index (χ3v) is 9.70. The van der Waals surface area contributed by atoms with E-state index in [4.69, 9.17) is 21.1 Å². The van der Waals surface area contributed by atoms with Crippen LogP contribution in [0, 0.1) is 5.82 Å². The molecule has 3 amide bonds. The van der Waals surface area contributed by atoms with E-state index < -0.39 is 61.6 Å². The number of carbonyl (C=O) groups excluding carboxylic acids is 3. The van der Waals surface area contributed by atoms with Crippen molar-refractivity contribution in [1.29, 1.82) is 0 Å². The van der Waals surface area contributed by atoms with Gasteiger partial charge in [0.2, 0.25) is 5.82 Å². The van der Waals surface area contributed by atoms with Gasteiger partial charge in [0.15, 0.2) is 9.84 Å². The second-order valence-electron chi connectivity index (χ2n) is 14.0. The molecule has 3 heterocycles. The standard InChI is InChI=1S/C32H39ClFN7O7S/c1-31(2,3)47-29(43)35-24-18-49(45,46)26-16-23(34)22(15-25(26)40(28(24)42)17-19-7-9-20(33)10-8-19)27-36-38-41(37-27)21-11-13-39(14-12-21)30(44)48-32(4,5)6/h7-10,15-16,21,24H,11-14,17-18H2,1-6H3,(H,35,43)/t24-/m0/s1. The van der Waals surface area contributed by atoms with Gasteiger partial charge in [-0.1, -0.05) is 23.7 Å². The number of halogens is 2. The van der Waals surface area contributed by atoms with E-state index in [0.29, 0.717) is 36.5 Å². The van der Waals surface area contributed by atoms with Gasteiger partial charge in [-0.2, -0.15) is 4.80 Å². The monoisotopic (exact) mass is 719 g/mol. The Kier molecular flexibility index (Phi) is 9.94. The average Bonchev–Trinajstić information content (AvgIpc) is 3.46. The minimum absolute atomic E-state index is 0.119. The first-order chi connectivity index (χ1) is 22.8. The van der Waals surface area contributed by atoms with Gasteiger partial charge in [0, 0.05) is 18.1 Å². The van der Waals surface area contributed by atoms with Crippen molar-refractivity contribution < 1.29 is 36.7 Å². The number of fused-ring (bicyclic) bond motifs is 1. The molecule has 14 nitrogen and oxygen atoms in total. The number of benzene rings is 2. The summed E-state index contributed by atoms with van der Waals surface area (Å²) < 4.78 is 53.9. The highest BCUT2D eigenvalue weighted by molar-refractivity contribution is 7.91. The molecule has 2 aromatic carbocycles. The highest BCUT2D eigenvalue weighted by atomic mass is 35.5. The topological polar surface area (TPSA) is 166 Å². The van der Waals surface area contributed by atoms with Gasteiger partial charge < -0.3 is 24.6 Å². The summed E-state index contributed by atoms with van der Waals surface area (Å²) in [5.74, 6) is -2.66. The quantitative estimate of drug-likeness (QED) is 0.383. The third-order valence-electron chi connectivity index (χ3n) is 7.68. The van der Waals surface area contributed by atoms with Crippen molar-refractivity contribution in [3.8, 4) is 11.4 Å². The maximum Gasteiger partial charge on any atom is 0.410 e. The molecule has 17 heteroatoms. The predicted molar refractivity (Wildman–Crippen MR) is 177 cm³/mol. The molecule has 1 fully saturated rings. The highest BCUT2D eigenvalue weighted by Gasteiger charge is 2.40. The minimum Gasteiger partial charge on any atom is -0.444 e. The first-order valence-corrected chi connectivity index (χ1v) is 17.7. The molecule has 1 aromatic heterocycles. The molecule has 2 aliphatic heterocycles. The fraction of sp³-hybridized carbons (Fsp3) is 0.500. The molecule has 264 valence electrons. The second-order valence-corrected chi connectivity index (χ2v) is 16.4. The molecule has 0 aliphatic carbocycles. The number of alkyl carbamates (subject to hydrolysis) is 1. The van der Waals surface area contributed by atoms with E-state index in [2.05, 4.69) is 20.7 Å². The van der Waals surface area contributed by atoms with E-state index in [1.165, 1.54) is 15.8 Å². The van der Waals surface area contributed by atoms with Crippen molar-refractivity contribution in [3.63, 3.8) is 0 Å². The van der Waals surface area contributed by atoms with Gasteiger partial charge in [0.25, 0.3) is 5.91 Å². The van der Waals surface area contributed by atoms with Crippen molar-refractivity contribution in [1.82, 2.24) is 30.4 Å². The van der Waals surface area contributed by atoms with Crippen LogP contribution < -0.4 is 10.2 Å². The number of nitrogens with zero attached hydrogens (tertiary/aromatic N) is 6. The molecule has 3 aromatic rings. The van der Waals surface area contributed by atoms with Crippen LogP contribution in [0.3, 0.4) is 0 Å². The summed E-state index contributed by atoms with van der Waals surface area (Å²) in [5.41, 5.74) is -1.25. The minimum atomic E-state index is -4.34. The number of carbonyl (C=O) groups is 3. The Bertz CT molecular complexity index is 1850. The Morgan fingerprint density at radius 2 is 1.65 bits per heavy atom. The second kappa shape index (κ2) is 13.5. The molecule has 2 aliphatic rings. The molecule has 0 spiro atoms. The molecular formula is C32H39ClFN7O7S. The largest absolute Gasteiger partial charge is 0.444 e. The Labute approximate surface area is 288 Å². The van der Waals surface area contributed by atoms with Gasteiger partial charge in [-0.15, -0.1) is 10.2 Å². The van der Waals surface area contributed by atoms with Crippen LogP contribution in [0.5, 0.6) is 0 Å². The number of aromatic nitrogens is 4. The molecule has 5 rings (SSSR count). The lowest BCUT2D eigenvalue weighted by atomic mass is 10.1. The molecule has 1 atom stereocenters. The van der Waals surface area contributed by atoms with Crippen LogP contribution in [0.1, 0.15) is 66.0 Å². The van der Waals surface area contributed by atoms with Crippen LogP contribution in [0.4, 0.5) is 19.7 Å². The summed E-state index contributed by atoms with van der Waals surface area (Å²) in [4.78, 5) is 42.9. The van der Waals surface area contributed by atoms with Crippen molar-refractivity contribution in [2.75, 3.05) is 23.7 Å². The van der Waals surface area contributed by atoms with Gasteiger partial charge >= 0.3 is 12.2 Å². The maximum atomic E-state index is 15.8. The van der Waals surface area contributed by atoms with Gasteiger partial charge in [-0.05, 0) is 89.4 Å². The molecular weight excluding hydrogens is 681 g/mol. The number of piperidine rings is 1. The van der Waals surface area contributed by atoms with E-state index in [9.17, 15) is 22.8 Å². The van der Waals surface area contributed by atoms with Crippen LogP contribution >= 0.6 is 11.6 Å². The Hall–Kier alpha value is -4.31. The summed E-state index contributed by atoms with van der Waals surface area (Å²) >= 11 is 6.06. The number of hydrogen-bond acceptors (Lipinski definition) is 10. The Balaban J connectivity index is 1.47. The van der Waals surface area contributed by atoms with E-state index >= 15 is 4.39 Å². The summed E-state index contributed by atoms with van der Waals surface area (Å²) in [6, 6.07) is 6.81. The van der Waals surface area contributed by atoms with Crippen LogP contribution in [0.25, 0.3) is 11.4 Å². The SMILES string of the molecule is CC(C)(C)OC(=O)N[C@H]1CS(=O)(=O)c2cc(F)c(-c3nnn(C4CCN(C(=O)OC(C)(C)C)CC4)n3)cc2N(Cc2ccc(Cl)cc2)C1=O. The smallest absolute Gasteiger partial charge is 0.410 e. The lowest BCUT2D eigenvalue weighted by Gasteiger charge is -2.32. The lowest BCUT2D eigenvalue weighted by molar-refractivity contribution is -0.120. The molecule has 1 N–H and O–H groups in total. The molecule has 0 unspecified atom stereocenters. The zero-order valence-corrected chi connectivity index (χ0v) is 29.6. The summed E-state index contributed by atoms with van der Waals surface area (Å²) in [5, 5.41) is 15.4. The number of hydrogen-bond donors (Lipinski definition) is 1. The van der Waals surface area contributed by atoms with E-state index in [0.717, 1.165) is 6.07 Å². The Morgan fingerprint density at radius 3 is 2.27 bits per heavy atom. The van der Waals surface area contributed by atoms with E-state index in [-0.39, 0.29) is 29.7 Å². The number of rotatable bonds is 5. The maximum absolute atomic E-state index is 15.8. The van der Waals surface area contributed by atoms with Crippen LogP contribution in [-0.2, 0) is 30.7 Å². The predicted octanol–water partition coefficient (Wildman–Crippen LogP) is 4.92. The normalized spacial score (nSPS) is 18.4. The summed E-state index contributed by atoms with van der Waals surface area (Å²) in [7, 11) is -4.34. The zero-order chi connectivity index (χ0) is 35.9. The first-order valence-electron chi connectivity index (χ1n) is 15.7. The van der Waals surface area contributed by atoms with Crippen molar-refractivity contribution in [3.05, 3.63) is 52.8 Å². The highest BCUT2D eigenvalue weighted by Crippen LogP contribution is 2.37. The fourth-order valence-electron chi connectivity index (χ4n) is 5.44. The summed E-state index contributed by atoms with van der Waals surface area (Å²) in [6.45, 7) is 10.9. The lowest BCUT2D eigenvalue weighted by Crippen LogP contribution is -2.51. The van der Waals surface area contributed by atoms with Gasteiger partial charge in [0.1, 0.15) is 23.1 Å². The van der Waals surface area contributed by atoms with Crippen molar-refractivity contribution >= 4 is 45.2 Å². The molecule has 0 saturated carbocycles. The number of nitrogens with one attached hydrogen (secondary N) is 1. The number of likely N-dealkylation sites (tertiary alicyclic amines) is 1. The van der Waals surface area contributed by atoms with E-state index in [1.54, 1.807) is 70.7 Å².